The Bertz CT molecular complexity index is 1260. The van der Waals surface area contributed by atoms with Crippen LogP contribution in [0.3, 0.4) is 0 Å². The van der Waals surface area contributed by atoms with E-state index in [0.717, 1.165) is 11.3 Å². The molecular weight excluding hydrogens is 466 g/mol. The Balaban J connectivity index is 1.16. The highest BCUT2D eigenvalue weighted by atomic mass is 16.7. The number of rotatable bonds is 5. The molecule has 1 amide bonds. The van der Waals surface area contributed by atoms with Crippen molar-refractivity contribution in [1.29, 1.82) is 0 Å². The molecule has 0 bridgehead atoms. The minimum atomic E-state index is -0.555. The quantitative estimate of drug-likeness (QED) is 0.410. The van der Waals surface area contributed by atoms with Crippen LogP contribution in [0.25, 0.3) is 5.70 Å². The molecule has 2 aliphatic rings. The van der Waals surface area contributed by atoms with Gasteiger partial charge in [0.25, 0.3) is 0 Å². The molecular formula is C30H33N3O4. The Hall–Kier alpha value is -3.81. The van der Waals surface area contributed by atoms with Gasteiger partial charge in [0.15, 0.2) is 5.75 Å². The van der Waals surface area contributed by atoms with Crippen molar-refractivity contribution in [3.8, 4) is 11.5 Å². The zero-order valence-corrected chi connectivity index (χ0v) is 21.5. The van der Waals surface area contributed by atoms with Crippen LogP contribution in [0.15, 0.2) is 84.9 Å². The van der Waals surface area contributed by atoms with Crippen LogP contribution < -0.4 is 15.5 Å². The monoisotopic (exact) mass is 499 g/mol. The number of para-hydroxylation sites is 3. The number of anilines is 1. The first kappa shape index (κ1) is 24.9. The molecule has 7 heteroatoms. The van der Waals surface area contributed by atoms with Crippen molar-refractivity contribution >= 4 is 17.5 Å². The second-order valence-electron chi connectivity index (χ2n) is 10.5. The first-order valence-electron chi connectivity index (χ1n) is 12.6. The third-order valence-electron chi connectivity index (χ3n) is 6.71. The fourth-order valence-electron chi connectivity index (χ4n) is 4.50. The zero-order chi connectivity index (χ0) is 25.9. The molecule has 0 aromatic heterocycles. The molecule has 2 N–H and O–H groups in total. The molecule has 2 aliphatic heterocycles. The molecule has 0 saturated carbocycles. The fraction of sp³-hybridized carbons (Fsp3) is 0.300. The number of ether oxygens (including phenoxy) is 1. The summed E-state index contributed by atoms with van der Waals surface area (Å²) >= 11 is 0. The fourth-order valence-corrected chi connectivity index (χ4v) is 4.50. The molecule has 0 atom stereocenters. The number of hydrogen-bond acceptors (Lipinski definition) is 6. The minimum absolute atomic E-state index is 0.115. The van der Waals surface area contributed by atoms with E-state index in [1.54, 1.807) is 17.2 Å². The van der Waals surface area contributed by atoms with Gasteiger partial charge in [-0.15, -0.1) is 5.06 Å². The number of hydroxylamine groups is 3. The molecule has 192 valence electrons. The van der Waals surface area contributed by atoms with E-state index in [0.29, 0.717) is 43.1 Å². The van der Waals surface area contributed by atoms with Crippen molar-refractivity contribution in [2.45, 2.75) is 44.6 Å². The molecule has 3 aromatic rings. The SMILES string of the molecule is CC(C)(C)c1ccc(C2=CC3(CCN(OC(=O)Nc4ccccc4Oc4ccccc4)CC3)ON2)cc1. The van der Waals surface area contributed by atoms with Gasteiger partial charge in [-0.1, -0.05) is 75.4 Å². The third-order valence-corrected chi connectivity index (χ3v) is 6.71. The van der Waals surface area contributed by atoms with E-state index in [4.69, 9.17) is 14.4 Å². The van der Waals surface area contributed by atoms with E-state index in [2.05, 4.69) is 61.9 Å². The summed E-state index contributed by atoms with van der Waals surface area (Å²) in [6, 6.07) is 25.3. The van der Waals surface area contributed by atoms with Gasteiger partial charge < -0.3 is 9.57 Å². The molecule has 5 rings (SSSR count). The first-order chi connectivity index (χ1) is 17.8. The summed E-state index contributed by atoms with van der Waals surface area (Å²) in [6.45, 7) is 7.75. The molecule has 1 fully saturated rings. The van der Waals surface area contributed by atoms with Gasteiger partial charge in [-0.2, -0.15) is 0 Å². The lowest BCUT2D eigenvalue weighted by molar-refractivity contribution is -0.153. The average molecular weight is 500 g/mol. The van der Waals surface area contributed by atoms with Crippen molar-refractivity contribution in [3.63, 3.8) is 0 Å². The van der Waals surface area contributed by atoms with Crippen LogP contribution >= 0.6 is 0 Å². The number of carbonyl (C=O) groups is 1. The van der Waals surface area contributed by atoms with E-state index in [9.17, 15) is 4.79 Å². The van der Waals surface area contributed by atoms with E-state index in [-0.39, 0.29) is 5.41 Å². The summed E-state index contributed by atoms with van der Waals surface area (Å²) in [5, 5.41) is 4.47. The Morgan fingerprint density at radius 2 is 1.62 bits per heavy atom. The Morgan fingerprint density at radius 3 is 2.32 bits per heavy atom. The number of nitrogens with one attached hydrogen (secondary N) is 2. The maximum absolute atomic E-state index is 12.6. The summed E-state index contributed by atoms with van der Waals surface area (Å²) in [6.07, 6.45) is 3.00. The summed E-state index contributed by atoms with van der Waals surface area (Å²) in [5.41, 5.74) is 6.72. The maximum atomic E-state index is 12.6. The van der Waals surface area contributed by atoms with Crippen molar-refractivity contribution in [3.05, 3.63) is 96.1 Å². The van der Waals surface area contributed by atoms with Crippen LogP contribution in [0, 0.1) is 0 Å². The summed E-state index contributed by atoms with van der Waals surface area (Å²) in [4.78, 5) is 24.3. The van der Waals surface area contributed by atoms with Crippen LogP contribution in [0.2, 0.25) is 0 Å². The predicted octanol–water partition coefficient (Wildman–Crippen LogP) is 6.65. The Kier molecular flexibility index (Phi) is 6.91. The Morgan fingerprint density at radius 1 is 0.946 bits per heavy atom. The Labute approximate surface area is 217 Å². The van der Waals surface area contributed by atoms with E-state index >= 15 is 0 Å². The van der Waals surface area contributed by atoms with Crippen molar-refractivity contribution < 1.29 is 19.2 Å². The number of benzene rings is 3. The number of hydrogen-bond donors (Lipinski definition) is 2. The molecule has 0 aliphatic carbocycles. The second-order valence-corrected chi connectivity index (χ2v) is 10.5. The van der Waals surface area contributed by atoms with E-state index < -0.39 is 11.7 Å². The molecule has 37 heavy (non-hydrogen) atoms. The third kappa shape index (κ3) is 5.96. The van der Waals surface area contributed by atoms with Crippen molar-refractivity contribution in [2.75, 3.05) is 18.4 Å². The lowest BCUT2D eigenvalue weighted by Gasteiger charge is -2.35. The van der Waals surface area contributed by atoms with Crippen LogP contribution in [-0.2, 0) is 15.1 Å². The van der Waals surface area contributed by atoms with E-state index in [1.807, 2.05) is 42.5 Å². The normalized spacial score (nSPS) is 17.1. The van der Waals surface area contributed by atoms with Gasteiger partial charge in [0.1, 0.15) is 11.4 Å². The highest BCUT2D eigenvalue weighted by Gasteiger charge is 2.40. The lowest BCUT2D eigenvalue weighted by Crippen LogP contribution is -2.45. The average Bonchev–Trinajstić information content (AvgIpc) is 3.30. The molecule has 0 radical (unpaired) electrons. The van der Waals surface area contributed by atoms with Crippen molar-refractivity contribution in [2.24, 2.45) is 0 Å². The van der Waals surface area contributed by atoms with Gasteiger partial charge in [0.05, 0.1) is 11.4 Å². The number of carbonyl (C=O) groups excluding carboxylic acids is 1. The predicted molar refractivity (Wildman–Crippen MR) is 144 cm³/mol. The van der Waals surface area contributed by atoms with Gasteiger partial charge >= 0.3 is 6.09 Å². The molecule has 3 aromatic carbocycles. The van der Waals surface area contributed by atoms with Gasteiger partial charge in [-0.3, -0.25) is 15.6 Å². The lowest BCUT2D eigenvalue weighted by atomic mass is 9.86. The highest BCUT2D eigenvalue weighted by molar-refractivity contribution is 5.86. The van der Waals surface area contributed by atoms with Crippen LogP contribution in [0.4, 0.5) is 10.5 Å². The van der Waals surface area contributed by atoms with Gasteiger partial charge in [-0.25, -0.2) is 4.79 Å². The van der Waals surface area contributed by atoms with Crippen LogP contribution in [0.5, 0.6) is 11.5 Å². The smallest absolute Gasteiger partial charge is 0.430 e. The molecule has 2 heterocycles. The van der Waals surface area contributed by atoms with Crippen molar-refractivity contribution in [1.82, 2.24) is 10.5 Å². The number of piperidine rings is 1. The van der Waals surface area contributed by atoms with Gasteiger partial charge in [-0.05, 0) is 59.7 Å². The topological polar surface area (TPSA) is 72.1 Å². The summed E-state index contributed by atoms with van der Waals surface area (Å²) in [7, 11) is 0. The molecule has 7 nitrogen and oxygen atoms in total. The standard InChI is InChI=1S/C30H33N3O4/c1-29(2,3)23-15-13-22(14-16-23)26-21-30(37-32-26)17-19-33(20-18-30)36-28(34)31-25-11-7-8-12-27(25)35-24-9-5-4-6-10-24/h4-16,21,32H,17-20H2,1-3H3,(H,31,34). The highest BCUT2D eigenvalue weighted by Crippen LogP contribution is 2.35. The maximum Gasteiger partial charge on any atom is 0.430 e. The van der Waals surface area contributed by atoms with Gasteiger partial charge in [0, 0.05) is 13.1 Å². The molecule has 1 saturated heterocycles. The van der Waals surface area contributed by atoms with Crippen LogP contribution in [-0.4, -0.2) is 29.8 Å². The molecule has 1 spiro atoms. The zero-order valence-electron chi connectivity index (χ0n) is 21.5. The second kappa shape index (κ2) is 10.3. The number of amides is 1. The first-order valence-corrected chi connectivity index (χ1v) is 12.6. The summed E-state index contributed by atoms with van der Waals surface area (Å²) < 4.78 is 5.92. The van der Waals surface area contributed by atoms with Gasteiger partial charge in [0.2, 0.25) is 0 Å². The van der Waals surface area contributed by atoms with E-state index in [1.165, 1.54) is 5.56 Å². The molecule has 0 unspecified atom stereocenters. The number of nitrogens with zero attached hydrogens (tertiary/aromatic N) is 1. The summed E-state index contributed by atoms with van der Waals surface area (Å²) in [5.74, 6) is 1.23. The largest absolute Gasteiger partial charge is 0.455 e. The van der Waals surface area contributed by atoms with Crippen LogP contribution in [0.1, 0.15) is 44.7 Å². The minimum Gasteiger partial charge on any atom is -0.455 e.